The molecule has 5 rings (SSSR count). The summed E-state index contributed by atoms with van der Waals surface area (Å²) in [6.45, 7) is 3.46. The van der Waals surface area contributed by atoms with E-state index < -0.39 is 24.0 Å². The van der Waals surface area contributed by atoms with E-state index in [9.17, 15) is 22.8 Å². The lowest BCUT2D eigenvalue weighted by Gasteiger charge is -2.23. The quantitative estimate of drug-likeness (QED) is 0.291. The number of nitrogen functional groups attached to an aromatic ring is 1. The number of fused-ring (bicyclic) bond motifs is 2. The first-order valence-corrected chi connectivity index (χ1v) is 12.6. The zero-order valence-electron chi connectivity index (χ0n) is 21.7. The van der Waals surface area contributed by atoms with Gasteiger partial charge in [-0.05, 0) is 49.9 Å². The van der Waals surface area contributed by atoms with Gasteiger partial charge in [-0.2, -0.15) is 18.3 Å². The summed E-state index contributed by atoms with van der Waals surface area (Å²) in [5, 5.41) is 16.7. The van der Waals surface area contributed by atoms with Gasteiger partial charge >= 0.3 is 12.1 Å². The van der Waals surface area contributed by atoms with Crippen LogP contribution in [0.1, 0.15) is 48.6 Å². The number of carbonyl (C=O) groups excluding carboxylic acids is 1. The number of nitrogens with zero attached hydrogens (tertiary/aromatic N) is 5. The molecule has 0 bridgehead atoms. The number of hydrogen-bond donors (Lipinski definition) is 3. The Balaban J connectivity index is 1.52. The molecule has 40 heavy (non-hydrogen) atoms. The first-order valence-electron chi connectivity index (χ1n) is 12.6. The fourth-order valence-electron chi connectivity index (χ4n) is 4.94. The molecular formula is C27H26F3N7O3. The SMILES string of the molecule is Cc1ccc2c(-c3nc(N)c4c(n3)NC(=O)C4(C)c3ccc(CCC(=O)O)cc3)nn(CCCC(F)(F)F)c2n1. The fourth-order valence-corrected chi connectivity index (χ4v) is 4.94. The maximum Gasteiger partial charge on any atom is 0.389 e. The number of aryl methyl sites for hydroxylation is 3. The van der Waals surface area contributed by atoms with Gasteiger partial charge in [-0.25, -0.2) is 19.6 Å². The van der Waals surface area contributed by atoms with E-state index in [1.165, 1.54) is 4.68 Å². The zero-order valence-corrected chi connectivity index (χ0v) is 21.7. The number of hydrogen-bond acceptors (Lipinski definition) is 7. The number of amides is 1. The minimum Gasteiger partial charge on any atom is -0.481 e. The van der Waals surface area contributed by atoms with Crippen molar-refractivity contribution in [1.29, 1.82) is 0 Å². The summed E-state index contributed by atoms with van der Waals surface area (Å²) in [5.74, 6) is -0.889. The predicted molar refractivity (Wildman–Crippen MR) is 140 cm³/mol. The third-order valence-corrected chi connectivity index (χ3v) is 7.06. The molecule has 1 amide bonds. The summed E-state index contributed by atoms with van der Waals surface area (Å²) >= 11 is 0. The number of anilines is 2. The second-order valence-corrected chi connectivity index (χ2v) is 9.94. The first kappa shape index (κ1) is 27.0. The molecule has 0 aliphatic carbocycles. The lowest BCUT2D eigenvalue weighted by atomic mass is 9.77. The van der Waals surface area contributed by atoms with Crippen LogP contribution in [0.3, 0.4) is 0 Å². The van der Waals surface area contributed by atoms with Gasteiger partial charge in [0.15, 0.2) is 11.5 Å². The smallest absolute Gasteiger partial charge is 0.389 e. The van der Waals surface area contributed by atoms with Crippen molar-refractivity contribution in [3.05, 3.63) is 58.8 Å². The normalized spacial score (nSPS) is 16.8. The van der Waals surface area contributed by atoms with E-state index in [2.05, 4.69) is 25.4 Å². The standard InChI is InChI=1S/C27H26F3N7O3/c1-14-4-10-17-20(36-37(24(17)32-14)13-3-12-27(28,29)30)23-33-21(31)19-22(34-23)35-25(40)26(19,2)16-8-5-15(6-9-16)7-11-18(38)39/h4-6,8-10H,3,7,11-13H2,1-2H3,(H,38,39)(H3,31,33,34,35,40). The van der Waals surface area contributed by atoms with Crippen molar-refractivity contribution in [2.75, 3.05) is 11.1 Å². The van der Waals surface area contributed by atoms with Crippen molar-refractivity contribution in [2.24, 2.45) is 0 Å². The summed E-state index contributed by atoms with van der Waals surface area (Å²) in [7, 11) is 0. The zero-order chi connectivity index (χ0) is 28.8. The van der Waals surface area contributed by atoms with Gasteiger partial charge in [-0.15, -0.1) is 0 Å². The van der Waals surface area contributed by atoms with Crippen LogP contribution in [0.2, 0.25) is 0 Å². The second-order valence-electron chi connectivity index (χ2n) is 9.94. The topological polar surface area (TPSA) is 149 Å². The van der Waals surface area contributed by atoms with E-state index in [1.54, 1.807) is 50.2 Å². The average Bonchev–Trinajstić information content (AvgIpc) is 3.36. The van der Waals surface area contributed by atoms with Gasteiger partial charge in [-0.1, -0.05) is 24.3 Å². The Hall–Kier alpha value is -4.55. The third kappa shape index (κ3) is 4.94. The fraction of sp³-hybridized carbons (Fsp3) is 0.333. The predicted octanol–water partition coefficient (Wildman–Crippen LogP) is 4.40. The molecule has 1 atom stereocenters. The number of halogens is 3. The number of aliphatic carboxylic acids is 1. The van der Waals surface area contributed by atoms with Crippen molar-refractivity contribution < 1.29 is 27.9 Å². The Morgan fingerprint density at radius 2 is 1.85 bits per heavy atom. The van der Waals surface area contributed by atoms with E-state index in [0.717, 1.165) is 5.56 Å². The molecule has 1 unspecified atom stereocenters. The maximum atomic E-state index is 13.3. The van der Waals surface area contributed by atoms with Crippen LogP contribution in [-0.2, 0) is 28.0 Å². The van der Waals surface area contributed by atoms with Crippen molar-refractivity contribution in [1.82, 2.24) is 24.7 Å². The monoisotopic (exact) mass is 553 g/mol. The summed E-state index contributed by atoms with van der Waals surface area (Å²) in [5.41, 5.74) is 8.40. The van der Waals surface area contributed by atoms with Crippen LogP contribution in [0.15, 0.2) is 36.4 Å². The summed E-state index contributed by atoms with van der Waals surface area (Å²) in [4.78, 5) is 37.7. The number of nitrogens with one attached hydrogen (secondary N) is 1. The molecule has 0 saturated heterocycles. The molecule has 1 aromatic carbocycles. The number of nitrogens with two attached hydrogens (primary N) is 1. The third-order valence-electron chi connectivity index (χ3n) is 7.06. The molecule has 4 aromatic rings. The van der Waals surface area contributed by atoms with E-state index in [-0.39, 0.29) is 48.4 Å². The van der Waals surface area contributed by atoms with Crippen LogP contribution in [-0.4, -0.2) is 47.9 Å². The summed E-state index contributed by atoms with van der Waals surface area (Å²) in [6, 6.07) is 10.6. The van der Waals surface area contributed by atoms with Gasteiger partial charge in [0.2, 0.25) is 5.91 Å². The maximum absolute atomic E-state index is 13.3. The van der Waals surface area contributed by atoms with Gasteiger partial charge in [0, 0.05) is 25.1 Å². The molecule has 3 aromatic heterocycles. The van der Waals surface area contributed by atoms with E-state index in [0.29, 0.717) is 34.3 Å². The van der Waals surface area contributed by atoms with Gasteiger partial charge in [0.05, 0.1) is 10.9 Å². The highest BCUT2D eigenvalue weighted by molar-refractivity contribution is 6.09. The van der Waals surface area contributed by atoms with E-state index in [4.69, 9.17) is 10.8 Å². The number of benzene rings is 1. The summed E-state index contributed by atoms with van der Waals surface area (Å²) in [6.07, 6.45) is -5.06. The van der Waals surface area contributed by atoms with Crippen LogP contribution in [0.4, 0.5) is 24.8 Å². The number of carbonyl (C=O) groups is 2. The van der Waals surface area contributed by atoms with Gasteiger partial charge in [0.1, 0.15) is 22.7 Å². The second kappa shape index (κ2) is 9.88. The largest absolute Gasteiger partial charge is 0.481 e. The minimum atomic E-state index is -4.28. The number of alkyl halides is 3. The molecule has 208 valence electrons. The van der Waals surface area contributed by atoms with Crippen LogP contribution >= 0.6 is 0 Å². The van der Waals surface area contributed by atoms with Crippen molar-refractivity contribution in [2.45, 2.75) is 57.7 Å². The molecule has 4 N–H and O–H groups in total. The van der Waals surface area contributed by atoms with Crippen LogP contribution in [0.25, 0.3) is 22.6 Å². The molecule has 0 saturated carbocycles. The van der Waals surface area contributed by atoms with Crippen molar-refractivity contribution >= 4 is 34.5 Å². The highest BCUT2D eigenvalue weighted by Gasteiger charge is 2.47. The number of pyridine rings is 1. The molecule has 1 aliphatic heterocycles. The lowest BCUT2D eigenvalue weighted by molar-refractivity contribution is -0.137. The Labute approximate surface area is 226 Å². The molecule has 0 fully saturated rings. The number of carboxylic acid groups (broad SMARTS) is 1. The van der Waals surface area contributed by atoms with Crippen LogP contribution in [0.5, 0.6) is 0 Å². The number of carboxylic acids is 1. The average molecular weight is 554 g/mol. The molecule has 10 nitrogen and oxygen atoms in total. The number of rotatable bonds is 8. The van der Waals surface area contributed by atoms with Crippen LogP contribution < -0.4 is 11.1 Å². The molecule has 0 spiro atoms. The highest BCUT2D eigenvalue weighted by atomic mass is 19.4. The van der Waals surface area contributed by atoms with Gasteiger partial charge in [-0.3, -0.25) is 9.59 Å². The Bertz CT molecular complexity index is 1630. The Kier molecular flexibility index (Phi) is 6.68. The van der Waals surface area contributed by atoms with Crippen LogP contribution in [0, 0.1) is 6.92 Å². The van der Waals surface area contributed by atoms with Crippen molar-refractivity contribution in [3.8, 4) is 11.5 Å². The minimum absolute atomic E-state index is 0.00857. The van der Waals surface area contributed by atoms with Gasteiger partial charge in [0.25, 0.3) is 0 Å². The molecular weight excluding hydrogens is 527 g/mol. The Morgan fingerprint density at radius 1 is 1.12 bits per heavy atom. The molecule has 0 radical (unpaired) electrons. The highest BCUT2D eigenvalue weighted by Crippen LogP contribution is 2.45. The summed E-state index contributed by atoms with van der Waals surface area (Å²) < 4.78 is 39.6. The van der Waals surface area contributed by atoms with E-state index in [1.807, 2.05) is 0 Å². The van der Waals surface area contributed by atoms with E-state index >= 15 is 0 Å². The lowest BCUT2D eigenvalue weighted by Crippen LogP contribution is -2.33. The first-order chi connectivity index (χ1) is 18.9. The van der Waals surface area contributed by atoms with Gasteiger partial charge < -0.3 is 16.2 Å². The molecule has 4 heterocycles. The molecule has 1 aliphatic rings. The molecule has 13 heteroatoms. The Morgan fingerprint density at radius 3 is 2.52 bits per heavy atom. The van der Waals surface area contributed by atoms with Crippen molar-refractivity contribution in [3.63, 3.8) is 0 Å². The number of aromatic nitrogens is 5.